The molecule has 0 N–H and O–H groups in total. The monoisotopic (exact) mass is 409 g/mol. The zero-order chi connectivity index (χ0) is 20.9. The molecule has 1 aromatic rings. The number of ether oxygens (including phenoxy) is 1. The first-order chi connectivity index (χ1) is 14.7. The van der Waals surface area contributed by atoms with Crippen LogP contribution in [0.25, 0.3) is 0 Å². The van der Waals surface area contributed by atoms with Crippen LogP contribution in [0.5, 0.6) is 0 Å². The number of benzene rings is 1. The van der Waals surface area contributed by atoms with E-state index in [1.807, 2.05) is 40.1 Å². The van der Waals surface area contributed by atoms with Crippen molar-refractivity contribution in [1.29, 1.82) is 5.26 Å². The molecule has 1 aromatic carbocycles. The van der Waals surface area contributed by atoms with Gasteiger partial charge >= 0.3 is 6.09 Å². The lowest BCUT2D eigenvalue weighted by molar-refractivity contribution is 0.0125. The predicted octanol–water partition coefficient (Wildman–Crippen LogP) is 5.18. The van der Waals surface area contributed by atoms with Gasteiger partial charge in [0.05, 0.1) is 0 Å². The number of amides is 1. The molecular weight excluding hydrogens is 374 g/mol. The molecule has 5 atom stereocenters. The Morgan fingerprint density at radius 1 is 1.13 bits per heavy atom. The number of rotatable bonds is 4. The first-order valence-corrected chi connectivity index (χ1v) is 11.8. The fourth-order valence-electron chi connectivity index (χ4n) is 6.17. The number of hydrogen-bond donors (Lipinski definition) is 0. The number of piperidine rings is 2. The normalized spacial score (nSPS) is 31.5. The van der Waals surface area contributed by atoms with E-state index in [0.29, 0.717) is 30.4 Å². The molecule has 162 valence electrons. The molecule has 1 unspecified atom stereocenters. The lowest BCUT2D eigenvalue weighted by Crippen LogP contribution is -2.51. The number of nitriles is 1. The van der Waals surface area contributed by atoms with Gasteiger partial charge in [-0.05, 0) is 74.7 Å². The maximum absolute atomic E-state index is 12.9. The SMILES string of the molecule is C[C@@H]1C[C@@H](C[C@@H]2CCCCN2C(=O)OCc2ccccc2)C2CCCN(C#N)[C@@H]2C1. The van der Waals surface area contributed by atoms with Gasteiger partial charge in [0.2, 0.25) is 0 Å². The summed E-state index contributed by atoms with van der Waals surface area (Å²) in [5.41, 5.74) is 1.03. The Balaban J connectivity index is 1.41. The van der Waals surface area contributed by atoms with E-state index < -0.39 is 0 Å². The Kier molecular flexibility index (Phi) is 6.82. The Morgan fingerprint density at radius 2 is 1.97 bits per heavy atom. The molecule has 0 radical (unpaired) electrons. The van der Waals surface area contributed by atoms with Gasteiger partial charge in [0.1, 0.15) is 6.61 Å². The fraction of sp³-hybridized carbons (Fsp3) is 0.680. The first kappa shape index (κ1) is 21.0. The fourth-order valence-corrected chi connectivity index (χ4v) is 6.17. The number of fused-ring (bicyclic) bond motifs is 1. The summed E-state index contributed by atoms with van der Waals surface area (Å²) in [5, 5.41) is 9.60. The van der Waals surface area contributed by atoms with Gasteiger partial charge in [-0.2, -0.15) is 5.26 Å². The lowest BCUT2D eigenvalue weighted by atomic mass is 9.65. The van der Waals surface area contributed by atoms with Crippen molar-refractivity contribution >= 4 is 6.09 Å². The van der Waals surface area contributed by atoms with Crippen molar-refractivity contribution in [3.8, 4) is 6.19 Å². The number of hydrogen-bond acceptors (Lipinski definition) is 4. The minimum atomic E-state index is -0.161. The highest BCUT2D eigenvalue weighted by atomic mass is 16.6. The molecule has 0 aromatic heterocycles. The van der Waals surface area contributed by atoms with Crippen LogP contribution in [0.15, 0.2) is 30.3 Å². The zero-order valence-corrected chi connectivity index (χ0v) is 18.2. The van der Waals surface area contributed by atoms with E-state index >= 15 is 0 Å². The molecule has 2 saturated heterocycles. The summed E-state index contributed by atoms with van der Waals surface area (Å²) in [4.78, 5) is 17.0. The molecule has 1 saturated carbocycles. The van der Waals surface area contributed by atoms with Crippen molar-refractivity contribution in [2.75, 3.05) is 13.1 Å². The van der Waals surface area contributed by atoms with Crippen molar-refractivity contribution in [3.05, 3.63) is 35.9 Å². The number of nitrogens with zero attached hydrogens (tertiary/aromatic N) is 3. The summed E-state index contributed by atoms with van der Waals surface area (Å²) < 4.78 is 5.68. The number of likely N-dealkylation sites (tertiary alicyclic amines) is 2. The van der Waals surface area contributed by atoms with E-state index in [1.165, 1.54) is 19.3 Å². The Labute approximate surface area is 181 Å². The third-order valence-electron chi connectivity index (χ3n) is 7.56. The van der Waals surface area contributed by atoms with Gasteiger partial charge in [-0.15, -0.1) is 0 Å². The summed E-state index contributed by atoms with van der Waals surface area (Å²) >= 11 is 0. The Hall–Kier alpha value is -2.22. The van der Waals surface area contributed by atoms with E-state index in [4.69, 9.17) is 4.74 Å². The molecule has 5 heteroatoms. The van der Waals surface area contributed by atoms with Crippen molar-refractivity contribution < 1.29 is 9.53 Å². The molecule has 2 aliphatic heterocycles. The van der Waals surface area contributed by atoms with Crippen LogP contribution in [0.1, 0.15) is 63.9 Å². The first-order valence-electron chi connectivity index (χ1n) is 11.8. The lowest BCUT2D eigenvalue weighted by Gasteiger charge is -2.49. The Bertz CT molecular complexity index is 747. The third-order valence-corrected chi connectivity index (χ3v) is 7.56. The summed E-state index contributed by atoms with van der Waals surface area (Å²) in [6.45, 7) is 4.39. The van der Waals surface area contributed by atoms with Crippen LogP contribution in [0.3, 0.4) is 0 Å². The second-order valence-corrected chi connectivity index (χ2v) is 9.62. The summed E-state index contributed by atoms with van der Waals surface area (Å²) in [7, 11) is 0. The molecule has 1 amide bonds. The third kappa shape index (κ3) is 4.74. The molecule has 0 spiro atoms. The smallest absolute Gasteiger partial charge is 0.410 e. The van der Waals surface area contributed by atoms with Gasteiger partial charge in [-0.1, -0.05) is 37.3 Å². The van der Waals surface area contributed by atoms with Gasteiger partial charge in [0.15, 0.2) is 6.19 Å². The molecule has 30 heavy (non-hydrogen) atoms. The molecule has 0 bridgehead atoms. The largest absolute Gasteiger partial charge is 0.445 e. The molecule has 2 heterocycles. The average molecular weight is 410 g/mol. The predicted molar refractivity (Wildman–Crippen MR) is 116 cm³/mol. The maximum atomic E-state index is 12.9. The van der Waals surface area contributed by atoms with Crippen LogP contribution >= 0.6 is 0 Å². The summed E-state index contributed by atoms with van der Waals surface area (Å²) in [6.07, 6.45) is 11.4. The highest BCUT2D eigenvalue weighted by molar-refractivity contribution is 5.68. The van der Waals surface area contributed by atoms with E-state index in [2.05, 4.69) is 13.1 Å². The van der Waals surface area contributed by atoms with Crippen LogP contribution < -0.4 is 0 Å². The minimum absolute atomic E-state index is 0.161. The van der Waals surface area contributed by atoms with Crippen molar-refractivity contribution in [2.45, 2.75) is 77.0 Å². The van der Waals surface area contributed by atoms with Crippen LogP contribution in [0.2, 0.25) is 0 Å². The molecular formula is C25H35N3O2. The highest BCUT2D eigenvalue weighted by Crippen LogP contribution is 2.44. The van der Waals surface area contributed by atoms with E-state index in [0.717, 1.165) is 50.8 Å². The van der Waals surface area contributed by atoms with Gasteiger partial charge < -0.3 is 14.5 Å². The van der Waals surface area contributed by atoms with E-state index in [-0.39, 0.29) is 12.1 Å². The van der Waals surface area contributed by atoms with Crippen molar-refractivity contribution in [3.63, 3.8) is 0 Å². The zero-order valence-electron chi connectivity index (χ0n) is 18.2. The summed E-state index contributed by atoms with van der Waals surface area (Å²) in [5.74, 6) is 1.84. The quantitative estimate of drug-likeness (QED) is 0.643. The van der Waals surface area contributed by atoms with Crippen molar-refractivity contribution in [2.24, 2.45) is 17.8 Å². The number of carbonyl (C=O) groups is 1. The standard InChI is InChI=1S/C25H35N3O2/c1-19-14-21(23-11-7-12-27(18-26)24(23)15-19)16-22-10-5-6-13-28(22)25(29)30-17-20-8-3-2-4-9-20/h2-4,8-9,19,21-24H,5-7,10-17H2,1H3/t19-,21+,22+,23?,24-/m1/s1. The molecule has 4 rings (SSSR count). The average Bonchev–Trinajstić information content (AvgIpc) is 2.78. The van der Waals surface area contributed by atoms with Gasteiger partial charge in [-0.3, -0.25) is 0 Å². The van der Waals surface area contributed by atoms with E-state index in [1.54, 1.807) is 0 Å². The topological polar surface area (TPSA) is 56.6 Å². The summed E-state index contributed by atoms with van der Waals surface area (Å²) in [6, 6.07) is 10.6. The molecule has 3 aliphatic rings. The molecule has 5 nitrogen and oxygen atoms in total. The van der Waals surface area contributed by atoms with Gasteiger partial charge in [-0.25, -0.2) is 4.79 Å². The van der Waals surface area contributed by atoms with Crippen molar-refractivity contribution in [1.82, 2.24) is 9.80 Å². The van der Waals surface area contributed by atoms with E-state index in [9.17, 15) is 10.1 Å². The van der Waals surface area contributed by atoms with Crippen LogP contribution in [0, 0.1) is 29.2 Å². The van der Waals surface area contributed by atoms with Crippen LogP contribution in [-0.2, 0) is 11.3 Å². The van der Waals surface area contributed by atoms with Gasteiger partial charge in [0, 0.05) is 25.2 Å². The molecule has 1 aliphatic carbocycles. The maximum Gasteiger partial charge on any atom is 0.410 e. The second kappa shape index (κ2) is 9.73. The Morgan fingerprint density at radius 3 is 2.77 bits per heavy atom. The minimum Gasteiger partial charge on any atom is -0.445 e. The number of carbonyl (C=O) groups excluding carboxylic acids is 1. The highest BCUT2D eigenvalue weighted by Gasteiger charge is 2.43. The van der Waals surface area contributed by atoms with Crippen LogP contribution in [-0.4, -0.2) is 41.1 Å². The van der Waals surface area contributed by atoms with Gasteiger partial charge in [0.25, 0.3) is 0 Å². The second-order valence-electron chi connectivity index (χ2n) is 9.62. The van der Waals surface area contributed by atoms with Crippen LogP contribution in [0.4, 0.5) is 4.79 Å². The molecule has 3 fully saturated rings.